The molecule has 1 N–H and O–H groups in total. The summed E-state index contributed by atoms with van der Waals surface area (Å²) in [5.74, 6) is 0.949. The first-order chi connectivity index (χ1) is 15.4. The number of piperidine rings is 1. The van der Waals surface area contributed by atoms with Crippen LogP contribution in [0.15, 0.2) is 23.8 Å². The van der Waals surface area contributed by atoms with E-state index in [1.165, 1.54) is 43.9 Å². The van der Waals surface area contributed by atoms with Gasteiger partial charge in [-0.25, -0.2) is 9.37 Å². The van der Waals surface area contributed by atoms with Crippen molar-refractivity contribution >= 4 is 41.2 Å². The predicted molar refractivity (Wildman–Crippen MR) is 135 cm³/mol. The van der Waals surface area contributed by atoms with Crippen LogP contribution < -0.4 is 4.72 Å². The fourth-order valence-corrected chi connectivity index (χ4v) is 5.81. The SMILES string of the molecule is C=C/C(=C\n1c(-c2nnc(C(C)F)s2)cnc1CN1CCC(SC)CC1)SNC1(C)CC1. The summed E-state index contributed by atoms with van der Waals surface area (Å²) in [6.07, 6.45) is 11.6. The third-order valence-electron chi connectivity index (χ3n) is 5.98. The standard InChI is InChI=1S/C22H31FN6S3/c1-5-16(32-27-22(3)8-9-22)13-29-18(21-26-25-20(31-21)15(2)23)12-24-19(29)14-28-10-6-17(30-4)7-11-28/h5,12-13,15,17,27H,1,6-11,14H2,2-4H3/b16-13+. The van der Waals surface area contributed by atoms with Gasteiger partial charge in [0, 0.05) is 21.9 Å². The van der Waals surface area contributed by atoms with E-state index in [0.29, 0.717) is 10.0 Å². The molecule has 0 amide bonds. The number of thioether (sulfide) groups is 1. The summed E-state index contributed by atoms with van der Waals surface area (Å²) in [5.41, 5.74) is 1.04. The van der Waals surface area contributed by atoms with Crippen molar-refractivity contribution in [1.29, 1.82) is 0 Å². The predicted octanol–water partition coefficient (Wildman–Crippen LogP) is 5.53. The van der Waals surface area contributed by atoms with E-state index in [1.807, 2.05) is 24.0 Å². The van der Waals surface area contributed by atoms with Gasteiger partial charge in [-0.15, -0.1) is 10.2 Å². The van der Waals surface area contributed by atoms with E-state index in [2.05, 4.69) is 50.3 Å². The zero-order valence-electron chi connectivity index (χ0n) is 18.9. The Hall–Kier alpha value is -1.20. The number of hydrogen-bond donors (Lipinski definition) is 1. The molecular weight excluding hydrogens is 463 g/mol. The molecule has 0 radical (unpaired) electrons. The maximum Gasteiger partial charge on any atom is 0.166 e. The molecule has 2 aromatic heterocycles. The van der Waals surface area contributed by atoms with Crippen LogP contribution in [0.25, 0.3) is 16.9 Å². The lowest BCUT2D eigenvalue weighted by atomic mass is 10.1. The molecule has 1 aliphatic carbocycles. The Morgan fingerprint density at radius 3 is 2.75 bits per heavy atom. The van der Waals surface area contributed by atoms with Gasteiger partial charge in [0.05, 0.1) is 12.7 Å². The molecule has 6 nitrogen and oxygen atoms in total. The third kappa shape index (κ3) is 5.83. The van der Waals surface area contributed by atoms with Crippen molar-refractivity contribution in [2.45, 2.75) is 63.0 Å². The van der Waals surface area contributed by atoms with Crippen LogP contribution in [-0.4, -0.2) is 54.8 Å². The molecule has 1 unspecified atom stereocenters. The lowest BCUT2D eigenvalue weighted by molar-refractivity contribution is 0.219. The van der Waals surface area contributed by atoms with E-state index in [4.69, 9.17) is 4.98 Å². The van der Waals surface area contributed by atoms with E-state index in [-0.39, 0.29) is 5.54 Å². The van der Waals surface area contributed by atoms with E-state index >= 15 is 0 Å². The number of alkyl halides is 1. The van der Waals surface area contributed by atoms with Gasteiger partial charge >= 0.3 is 0 Å². The van der Waals surface area contributed by atoms with Gasteiger partial charge in [0.2, 0.25) is 0 Å². The summed E-state index contributed by atoms with van der Waals surface area (Å²) in [7, 11) is 0. The van der Waals surface area contributed by atoms with Gasteiger partial charge in [-0.1, -0.05) is 24.0 Å². The van der Waals surface area contributed by atoms with Crippen LogP contribution in [0.3, 0.4) is 0 Å². The van der Waals surface area contributed by atoms with Crippen LogP contribution in [-0.2, 0) is 6.54 Å². The topological polar surface area (TPSA) is 58.9 Å². The molecule has 32 heavy (non-hydrogen) atoms. The Balaban J connectivity index is 1.61. The summed E-state index contributed by atoms with van der Waals surface area (Å²) in [4.78, 5) is 8.21. The molecule has 0 aromatic carbocycles. The van der Waals surface area contributed by atoms with Crippen molar-refractivity contribution in [2.75, 3.05) is 19.3 Å². The number of imidazole rings is 1. The number of hydrogen-bond acceptors (Lipinski definition) is 8. The molecule has 1 atom stereocenters. The first-order valence-electron chi connectivity index (χ1n) is 11.0. The van der Waals surface area contributed by atoms with Crippen LogP contribution in [0.4, 0.5) is 4.39 Å². The monoisotopic (exact) mass is 494 g/mol. The largest absolute Gasteiger partial charge is 0.299 e. The van der Waals surface area contributed by atoms with Gasteiger partial charge < -0.3 is 0 Å². The first-order valence-corrected chi connectivity index (χ1v) is 13.9. The summed E-state index contributed by atoms with van der Waals surface area (Å²) >= 11 is 4.84. The van der Waals surface area contributed by atoms with Gasteiger partial charge in [-0.05, 0) is 70.8 Å². The Morgan fingerprint density at radius 2 is 2.16 bits per heavy atom. The van der Waals surface area contributed by atoms with Crippen molar-refractivity contribution in [3.63, 3.8) is 0 Å². The zero-order chi connectivity index (χ0) is 22.7. The second-order valence-electron chi connectivity index (χ2n) is 8.70. The molecule has 174 valence electrons. The summed E-state index contributed by atoms with van der Waals surface area (Å²) in [5, 5.41) is 10.1. The van der Waals surface area contributed by atoms with Gasteiger partial charge in [-0.2, -0.15) is 11.8 Å². The molecule has 2 aromatic rings. The van der Waals surface area contributed by atoms with E-state index in [9.17, 15) is 4.39 Å². The minimum absolute atomic E-state index is 0.209. The van der Waals surface area contributed by atoms with E-state index in [1.54, 1.807) is 11.9 Å². The Bertz CT molecular complexity index is 957. The molecule has 0 bridgehead atoms. The zero-order valence-corrected chi connectivity index (χ0v) is 21.3. The van der Waals surface area contributed by atoms with E-state index < -0.39 is 6.17 Å². The first kappa shape index (κ1) is 23.9. The molecule has 3 heterocycles. The molecule has 1 aliphatic heterocycles. The highest BCUT2D eigenvalue weighted by molar-refractivity contribution is 8.01. The second-order valence-corrected chi connectivity index (χ2v) is 11.7. The number of allylic oxidation sites excluding steroid dienone is 1. The minimum Gasteiger partial charge on any atom is -0.299 e. The molecule has 2 fully saturated rings. The molecule has 1 saturated carbocycles. The lowest BCUT2D eigenvalue weighted by Gasteiger charge is -2.30. The number of halogens is 1. The van der Waals surface area contributed by atoms with Gasteiger partial charge in [0.15, 0.2) is 16.2 Å². The normalized spacial score (nSPS) is 20.4. The highest BCUT2D eigenvalue weighted by Gasteiger charge is 2.37. The minimum atomic E-state index is -1.13. The smallest absolute Gasteiger partial charge is 0.166 e. The fourth-order valence-electron chi connectivity index (χ4n) is 3.54. The van der Waals surface area contributed by atoms with Crippen molar-refractivity contribution in [1.82, 2.24) is 29.4 Å². The lowest BCUT2D eigenvalue weighted by Crippen LogP contribution is -2.34. The molecule has 1 saturated heterocycles. The summed E-state index contributed by atoms with van der Waals surface area (Å²) < 4.78 is 19.4. The van der Waals surface area contributed by atoms with Crippen molar-refractivity contribution in [3.8, 4) is 10.7 Å². The second kappa shape index (κ2) is 10.4. The Labute approximate surface area is 202 Å². The van der Waals surface area contributed by atoms with Crippen LogP contribution in [0, 0.1) is 0 Å². The fraction of sp³-hybridized carbons (Fsp3) is 0.591. The molecule has 2 aliphatic rings. The highest BCUT2D eigenvalue weighted by Crippen LogP contribution is 2.38. The third-order valence-corrected chi connectivity index (χ3v) is 9.32. The van der Waals surface area contributed by atoms with Gasteiger partial charge in [0.1, 0.15) is 11.5 Å². The van der Waals surface area contributed by atoms with Crippen molar-refractivity contribution in [3.05, 3.63) is 34.6 Å². The van der Waals surface area contributed by atoms with Crippen LogP contribution in [0.1, 0.15) is 56.5 Å². The number of likely N-dealkylation sites (tertiary alicyclic amines) is 1. The molecule has 10 heteroatoms. The number of nitrogens with zero attached hydrogens (tertiary/aromatic N) is 5. The Kier molecular flexibility index (Phi) is 7.77. The number of nitrogens with one attached hydrogen (secondary N) is 1. The number of rotatable bonds is 10. The average molecular weight is 495 g/mol. The maximum atomic E-state index is 13.8. The van der Waals surface area contributed by atoms with Crippen molar-refractivity contribution in [2.24, 2.45) is 0 Å². The average Bonchev–Trinajstić information content (AvgIpc) is 3.16. The molecule has 4 rings (SSSR count). The molecule has 0 spiro atoms. The summed E-state index contributed by atoms with van der Waals surface area (Å²) in [6, 6.07) is 0. The van der Waals surface area contributed by atoms with Crippen LogP contribution in [0.2, 0.25) is 0 Å². The van der Waals surface area contributed by atoms with Crippen LogP contribution >= 0.6 is 35.0 Å². The molecular formula is C22H31FN6S3. The number of aromatic nitrogens is 4. The van der Waals surface area contributed by atoms with Gasteiger partial charge in [-0.3, -0.25) is 14.2 Å². The van der Waals surface area contributed by atoms with Crippen LogP contribution in [0.5, 0.6) is 0 Å². The van der Waals surface area contributed by atoms with Crippen molar-refractivity contribution < 1.29 is 4.39 Å². The van der Waals surface area contributed by atoms with Gasteiger partial charge in [0.25, 0.3) is 0 Å². The maximum absolute atomic E-state index is 13.8. The summed E-state index contributed by atoms with van der Waals surface area (Å²) in [6.45, 7) is 10.6. The highest BCUT2D eigenvalue weighted by atomic mass is 32.2. The van der Waals surface area contributed by atoms with E-state index in [0.717, 1.165) is 41.3 Å². The quantitative estimate of drug-likeness (QED) is 0.344. The Morgan fingerprint density at radius 1 is 1.41 bits per heavy atom.